The van der Waals surface area contributed by atoms with E-state index in [4.69, 9.17) is 32.2 Å². The zero-order valence-corrected chi connectivity index (χ0v) is 19.2. The topological polar surface area (TPSA) is 138 Å². The molecule has 4 N–H and O–H groups in total. The van der Waals surface area contributed by atoms with E-state index in [1.165, 1.54) is 0 Å². The van der Waals surface area contributed by atoms with Gasteiger partial charge in [-0.15, -0.1) is 12.4 Å². The number of nitrogens with one attached hydrogen (secondary N) is 2. The number of ether oxygens (including phenoxy) is 2. The molecule has 0 saturated carbocycles. The number of hydrogen-bond acceptors (Lipinski definition) is 8. The van der Waals surface area contributed by atoms with Gasteiger partial charge in [-0.1, -0.05) is 35.5 Å². The molecule has 0 aliphatic carbocycles. The Morgan fingerprint density at radius 3 is 2.39 bits per heavy atom. The van der Waals surface area contributed by atoms with Crippen molar-refractivity contribution in [3.8, 4) is 6.07 Å². The molecule has 0 saturated heterocycles. The van der Waals surface area contributed by atoms with Gasteiger partial charge in [0.05, 0.1) is 30.3 Å². The van der Waals surface area contributed by atoms with Crippen LogP contribution in [-0.4, -0.2) is 36.1 Å². The average molecular weight is 485 g/mol. The highest BCUT2D eigenvalue weighted by Gasteiger charge is 2.40. The number of carbonyl (C=O) groups excluding carboxylic acids is 2. The zero-order valence-electron chi connectivity index (χ0n) is 16.9. The molecule has 1 atom stereocenters. The van der Waals surface area contributed by atoms with Crippen molar-refractivity contribution in [1.29, 1.82) is 10.7 Å². The van der Waals surface area contributed by atoms with Crippen LogP contribution in [-0.2, 0) is 19.1 Å². The van der Waals surface area contributed by atoms with E-state index in [0.29, 0.717) is 16.3 Å². The van der Waals surface area contributed by atoms with Gasteiger partial charge < -0.3 is 20.5 Å². The summed E-state index contributed by atoms with van der Waals surface area (Å²) in [7, 11) is 0. The quantitative estimate of drug-likeness (QED) is 0.304. The van der Waals surface area contributed by atoms with Crippen LogP contribution in [0.5, 0.6) is 0 Å². The van der Waals surface area contributed by atoms with Gasteiger partial charge in [0, 0.05) is 16.5 Å². The van der Waals surface area contributed by atoms with Crippen LogP contribution in [0.15, 0.2) is 46.8 Å². The standard InChI is InChI=1S/C20H21ClN4O4S.ClH/c1-3-28-18(26)16-13(9-22)25-14(10-30-20(23)24)17(19(27)29-4-2)15(16)11-6-5-7-12(21)8-11;/h5-8,15,25H,3-4,10H2,1-2H3,(H3,23,24);1H. The van der Waals surface area contributed by atoms with Gasteiger partial charge in [-0.3, -0.25) is 5.41 Å². The van der Waals surface area contributed by atoms with Crippen LogP contribution in [0.2, 0.25) is 5.02 Å². The molecule has 1 aromatic rings. The fraction of sp³-hybridized carbons (Fsp3) is 0.300. The predicted octanol–water partition coefficient (Wildman–Crippen LogP) is 3.23. The molecule has 0 fully saturated rings. The highest BCUT2D eigenvalue weighted by Crippen LogP contribution is 2.40. The second kappa shape index (κ2) is 12.2. The van der Waals surface area contributed by atoms with Gasteiger partial charge in [-0.2, -0.15) is 5.26 Å². The Hall–Kier alpha value is -2.67. The number of halogens is 2. The van der Waals surface area contributed by atoms with Gasteiger partial charge in [-0.25, -0.2) is 9.59 Å². The van der Waals surface area contributed by atoms with Gasteiger partial charge in [0.1, 0.15) is 11.8 Å². The van der Waals surface area contributed by atoms with Gasteiger partial charge in [0.25, 0.3) is 0 Å². The molecule has 11 heteroatoms. The van der Waals surface area contributed by atoms with Crippen LogP contribution >= 0.6 is 35.8 Å². The molecular weight excluding hydrogens is 463 g/mol. The van der Waals surface area contributed by atoms with Crippen molar-refractivity contribution in [2.75, 3.05) is 19.0 Å². The number of nitrogens with zero attached hydrogens (tertiary/aromatic N) is 1. The van der Waals surface area contributed by atoms with Crippen molar-refractivity contribution in [3.05, 3.63) is 57.4 Å². The van der Waals surface area contributed by atoms with Gasteiger partial charge >= 0.3 is 11.9 Å². The van der Waals surface area contributed by atoms with Crippen molar-refractivity contribution >= 4 is 52.9 Å². The van der Waals surface area contributed by atoms with Crippen molar-refractivity contribution in [2.45, 2.75) is 19.8 Å². The maximum atomic E-state index is 12.9. The second-order valence-electron chi connectivity index (χ2n) is 6.00. The molecule has 0 bridgehead atoms. The van der Waals surface area contributed by atoms with E-state index in [9.17, 15) is 14.9 Å². The third-order valence-corrected chi connectivity index (χ3v) is 5.08. The SMILES string of the molecule is CCOC(=O)C1=C(C#N)NC(CSC(=N)N)=C(C(=O)OCC)C1c1cccc(Cl)c1.Cl. The molecule has 1 aromatic carbocycles. The van der Waals surface area contributed by atoms with E-state index >= 15 is 0 Å². The van der Waals surface area contributed by atoms with Crippen molar-refractivity contribution in [3.63, 3.8) is 0 Å². The summed E-state index contributed by atoms with van der Waals surface area (Å²) in [5.41, 5.74) is 6.36. The molecule has 0 spiro atoms. The fourth-order valence-corrected chi connectivity index (χ4v) is 3.72. The van der Waals surface area contributed by atoms with E-state index < -0.39 is 17.9 Å². The number of amidine groups is 1. The Bertz CT molecular complexity index is 972. The molecule has 0 radical (unpaired) electrons. The van der Waals surface area contributed by atoms with Gasteiger partial charge in [-0.05, 0) is 31.5 Å². The van der Waals surface area contributed by atoms with E-state index in [-0.39, 0.29) is 53.4 Å². The smallest absolute Gasteiger partial charge is 0.337 e. The minimum Gasteiger partial charge on any atom is -0.463 e. The molecular formula is C20H22Cl2N4O4S. The number of thioether (sulfide) groups is 1. The first-order chi connectivity index (χ1) is 14.3. The molecule has 1 heterocycles. The number of carbonyl (C=O) groups is 2. The molecule has 1 unspecified atom stereocenters. The summed E-state index contributed by atoms with van der Waals surface area (Å²) in [4.78, 5) is 25.7. The van der Waals surface area contributed by atoms with Crippen LogP contribution in [0.4, 0.5) is 0 Å². The van der Waals surface area contributed by atoms with Crippen LogP contribution in [0, 0.1) is 16.7 Å². The highest BCUT2D eigenvalue weighted by molar-refractivity contribution is 8.13. The first-order valence-corrected chi connectivity index (χ1v) is 10.4. The summed E-state index contributed by atoms with van der Waals surface area (Å²) in [5, 5.41) is 20.3. The van der Waals surface area contributed by atoms with Crippen LogP contribution in [0.3, 0.4) is 0 Å². The zero-order chi connectivity index (χ0) is 22.3. The molecule has 31 heavy (non-hydrogen) atoms. The van der Waals surface area contributed by atoms with E-state index in [0.717, 1.165) is 11.8 Å². The first-order valence-electron chi connectivity index (χ1n) is 9.04. The normalized spacial score (nSPS) is 15.4. The van der Waals surface area contributed by atoms with Crippen molar-refractivity contribution in [1.82, 2.24) is 5.32 Å². The van der Waals surface area contributed by atoms with Gasteiger partial charge in [0.2, 0.25) is 0 Å². The lowest BCUT2D eigenvalue weighted by Crippen LogP contribution is -2.35. The van der Waals surface area contributed by atoms with E-state index in [2.05, 4.69) is 5.32 Å². The predicted molar refractivity (Wildman–Crippen MR) is 122 cm³/mol. The third-order valence-electron chi connectivity index (χ3n) is 4.10. The monoisotopic (exact) mass is 484 g/mol. The minimum atomic E-state index is -0.944. The number of nitriles is 1. The number of dihydropyridines is 1. The lowest BCUT2D eigenvalue weighted by Gasteiger charge is -2.30. The Balaban J connectivity index is 0.00000480. The molecule has 0 aromatic heterocycles. The number of esters is 2. The molecule has 0 amide bonds. The molecule has 2 rings (SSSR count). The molecule has 166 valence electrons. The Morgan fingerprint density at radius 1 is 1.26 bits per heavy atom. The minimum absolute atomic E-state index is 0. The highest BCUT2D eigenvalue weighted by atomic mass is 35.5. The van der Waals surface area contributed by atoms with E-state index in [1.54, 1.807) is 38.1 Å². The molecule has 1 aliphatic rings. The molecule has 1 aliphatic heterocycles. The van der Waals surface area contributed by atoms with Gasteiger partial charge in [0.15, 0.2) is 5.17 Å². The van der Waals surface area contributed by atoms with Crippen molar-refractivity contribution < 1.29 is 19.1 Å². The fourth-order valence-electron chi connectivity index (χ4n) is 3.00. The van der Waals surface area contributed by atoms with Crippen LogP contribution < -0.4 is 11.1 Å². The summed E-state index contributed by atoms with van der Waals surface area (Å²) in [5.74, 6) is -2.23. The summed E-state index contributed by atoms with van der Waals surface area (Å²) in [6.45, 7) is 3.51. The van der Waals surface area contributed by atoms with Crippen LogP contribution in [0.1, 0.15) is 25.3 Å². The number of hydrogen-bond donors (Lipinski definition) is 3. The third kappa shape index (κ3) is 6.40. The van der Waals surface area contributed by atoms with Crippen LogP contribution in [0.25, 0.3) is 0 Å². The maximum absolute atomic E-state index is 12.9. The van der Waals surface area contributed by atoms with Crippen molar-refractivity contribution in [2.24, 2.45) is 5.73 Å². The second-order valence-corrected chi connectivity index (χ2v) is 7.45. The lowest BCUT2D eigenvalue weighted by atomic mass is 9.80. The summed E-state index contributed by atoms with van der Waals surface area (Å²) >= 11 is 7.12. The Kier molecular flexibility index (Phi) is 10.4. The summed E-state index contributed by atoms with van der Waals surface area (Å²) < 4.78 is 10.4. The number of nitrogens with two attached hydrogens (primary N) is 1. The number of rotatable bonds is 7. The molecule has 8 nitrogen and oxygen atoms in total. The maximum Gasteiger partial charge on any atom is 0.337 e. The Morgan fingerprint density at radius 2 is 1.87 bits per heavy atom. The Labute approximate surface area is 195 Å². The number of benzene rings is 1. The lowest BCUT2D eigenvalue weighted by molar-refractivity contribution is -0.139. The first kappa shape index (κ1) is 26.4. The summed E-state index contributed by atoms with van der Waals surface area (Å²) in [6.07, 6.45) is 0. The largest absolute Gasteiger partial charge is 0.463 e. The summed E-state index contributed by atoms with van der Waals surface area (Å²) in [6, 6.07) is 8.62. The number of allylic oxidation sites excluding steroid dienone is 1. The van der Waals surface area contributed by atoms with E-state index in [1.807, 2.05) is 6.07 Å². The average Bonchev–Trinajstić information content (AvgIpc) is 2.71.